The molecule has 2 amide bonds. The van der Waals surface area contributed by atoms with Crippen LogP contribution < -0.4 is 9.62 Å². The van der Waals surface area contributed by atoms with Gasteiger partial charge in [0, 0.05) is 12.6 Å². The lowest BCUT2D eigenvalue weighted by molar-refractivity contribution is -0.140. The van der Waals surface area contributed by atoms with Crippen LogP contribution in [0.1, 0.15) is 81.9 Å². The zero-order chi connectivity index (χ0) is 27.9. The van der Waals surface area contributed by atoms with Crippen molar-refractivity contribution in [2.24, 2.45) is 0 Å². The number of nitrogens with zero attached hydrogens (tertiary/aromatic N) is 2. The van der Waals surface area contributed by atoms with E-state index in [0.29, 0.717) is 12.1 Å². The van der Waals surface area contributed by atoms with Crippen molar-refractivity contribution in [1.29, 1.82) is 0 Å². The largest absolute Gasteiger partial charge is 0.352 e. The molecule has 0 bridgehead atoms. The topological polar surface area (TPSA) is 86.8 Å². The quantitative estimate of drug-likeness (QED) is 0.427. The van der Waals surface area contributed by atoms with Gasteiger partial charge in [0.2, 0.25) is 21.8 Å². The van der Waals surface area contributed by atoms with Gasteiger partial charge in [-0.3, -0.25) is 13.9 Å². The predicted molar refractivity (Wildman–Crippen MR) is 154 cm³/mol. The van der Waals surface area contributed by atoms with E-state index in [4.69, 9.17) is 0 Å². The summed E-state index contributed by atoms with van der Waals surface area (Å²) in [5.41, 5.74) is 3.33. The molecule has 1 aliphatic carbocycles. The van der Waals surface area contributed by atoms with Gasteiger partial charge in [-0.2, -0.15) is 0 Å². The number of hydrogen-bond acceptors (Lipinski definition) is 4. The van der Waals surface area contributed by atoms with E-state index in [0.717, 1.165) is 48.6 Å². The maximum atomic E-state index is 14.0. The van der Waals surface area contributed by atoms with Crippen molar-refractivity contribution in [3.63, 3.8) is 0 Å². The molecule has 1 aliphatic rings. The summed E-state index contributed by atoms with van der Waals surface area (Å²) in [6, 6.07) is 14.5. The van der Waals surface area contributed by atoms with E-state index in [1.807, 2.05) is 64.1 Å². The molecule has 0 saturated heterocycles. The molecule has 1 atom stereocenters. The molecule has 0 unspecified atom stereocenters. The first kappa shape index (κ1) is 29.7. The zero-order valence-corrected chi connectivity index (χ0v) is 24.3. The Hall–Kier alpha value is -2.87. The molecular weight excluding hydrogens is 498 g/mol. The highest BCUT2D eigenvalue weighted by Crippen LogP contribution is 2.29. The van der Waals surface area contributed by atoms with Crippen LogP contribution in [-0.2, 0) is 26.2 Å². The summed E-state index contributed by atoms with van der Waals surface area (Å²) in [4.78, 5) is 29.0. The van der Waals surface area contributed by atoms with Crippen LogP contribution in [0.15, 0.2) is 48.5 Å². The average Bonchev–Trinajstić information content (AvgIpc) is 2.88. The summed E-state index contributed by atoms with van der Waals surface area (Å²) < 4.78 is 27.1. The molecule has 0 aliphatic heterocycles. The van der Waals surface area contributed by atoms with Crippen molar-refractivity contribution >= 4 is 27.5 Å². The monoisotopic (exact) mass is 541 g/mol. The van der Waals surface area contributed by atoms with Crippen LogP contribution in [0.3, 0.4) is 0 Å². The van der Waals surface area contributed by atoms with Crippen LogP contribution in [-0.4, -0.2) is 50.0 Å². The molecule has 0 radical (unpaired) electrons. The standard InChI is InChI=1S/C30H43N3O4S/c1-6-27(30(35)31-25-12-8-7-9-13-25)32(20-24-18-16-23(4)17-19-24)29(34)21-33(38(5,36)37)28-15-11-10-14-26(28)22(2)3/h10-11,14-19,22,25,27H,6-9,12-13,20-21H2,1-5H3,(H,31,35)/t27-/m1/s1. The van der Waals surface area contributed by atoms with Gasteiger partial charge in [0.1, 0.15) is 12.6 Å². The third-order valence-corrected chi connectivity index (χ3v) is 8.44. The maximum Gasteiger partial charge on any atom is 0.244 e. The molecule has 7 nitrogen and oxygen atoms in total. The lowest BCUT2D eigenvalue weighted by Gasteiger charge is -2.34. The van der Waals surface area contributed by atoms with Gasteiger partial charge < -0.3 is 10.2 Å². The van der Waals surface area contributed by atoms with Gasteiger partial charge in [0.15, 0.2) is 0 Å². The number of hydrogen-bond donors (Lipinski definition) is 1. The Bertz CT molecular complexity index is 1190. The average molecular weight is 542 g/mol. The van der Waals surface area contributed by atoms with Gasteiger partial charge >= 0.3 is 0 Å². The smallest absolute Gasteiger partial charge is 0.244 e. The molecule has 1 fully saturated rings. The molecule has 1 N–H and O–H groups in total. The van der Waals surface area contributed by atoms with E-state index < -0.39 is 22.0 Å². The molecule has 3 rings (SSSR count). The van der Waals surface area contributed by atoms with Crippen molar-refractivity contribution in [2.45, 2.75) is 90.8 Å². The number of aryl methyl sites for hydroxylation is 1. The maximum absolute atomic E-state index is 14.0. The number of sulfonamides is 1. The van der Waals surface area contributed by atoms with Crippen molar-refractivity contribution in [3.8, 4) is 0 Å². The van der Waals surface area contributed by atoms with E-state index in [-0.39, 0.29) is 31.0 Å². The van der Waals surface area contributed by atoms with Crippen LogP contribution >= 0.6 is 0 Å². The van der Waals surface area contributed by atoms with Crippen LogP contribution in [0.4, 0.5) is 5.69 Å². The summed E-state index contributed by atoms with van der Waals surface area (Å²) in [6.07, 6.45) is 6.80. The predicted octanol–water partition coefficient (Wildman–Crippen LogP) is 5.14. The van der Waals surface area contributed by atoms with Gasteiger partial charge in [-0.1, -0.05) is 88.1 Å². The van der Waals surface area contributed by atoms with Crippen molar-refractivity contribution in [3.05, 3.63) is 65.2 Å². The molecular formula is C30H43N3O4S. The number of amides is 2. The molecule has 38 heavy (non-hydrogen) atoms. The summed E-state index contributed by atoms with van der Waals surface area (Å²) in [7, 11) is -3.77. The molecule has 2 aromatic rings. The fourth-order valence-corrected chi connectivity index (χ4v) is 6.02. The summed E-state index contributed by atoms with van der Waals surface area (Å²) >= 11 is 0. The highest BCUT2D eigenvalue weighted by atomic mass is 32.2. The molecule has 8 heteroatoms. The molecule has 0 aromatic heterocycles. The summed E-state index contributed by atoms with van der Waals surface area (Å²) in [6.45, 7) is 7.72. The Morgan fingerprint density at radius 1 is 1.00 bits per heavy atom. The summed E-state index contributed by atoms with van der Waals surface area (Å²) in [5.74, 6) is -0.507. The van der Waals surface area contributed by atoms with Crippen molar-refractivity contribution in [2.75, 3.05) is 17.1 Å². The molecule has 208 valence electrons. The highest BCUT2D eigenvalue weighted by Gasteiger charge is 2.33. The number of carbonyl (C=O) groups is 2. The number of nitrogens with one attached hydrogen (secondary N) is 1. The number of rotatable bonds is 11. The fraction of sp³-hybridized carbons (Fsp3) is 0.533. The lowest BCUT2D eigenvalue weighted by atomic mass is 9.95. The number of para-hydroxylation sites is 1. The molecule has 2 aromatic carbocycles. The first-order chi connectivity index (χ1) is 18.0. The van der Waals surface area contributed by atoms with E-state index in [1.165, 1.54) is 10.7 Å². The highest BCUT2D eigenvalue weighted by molar-refractivity contribution is 7.92. The number of carbonyl (C=O) groups excluding carboxylic acids is 2. The van der Waals surface area contributed by atoms with E-state index in [2.05, 4.69) is 5.32 Å². The first-order valence-corrected chi connectivity index (χ1v) is 15.6. The Balaban J connectivity index is 1.95. The Kier molecular flexibility index (Phi) is 10.4. The third kappa shape index (κ3) is 7.82. The second-order valence-electron chi connectivity index (χ2n) is 10.8. The summed E-state index contributed by atoms with van der Waals surface area (Å²) in [5, 5.41) is 3.17. The Morgan fingerprint density at radius 2 is 1.63 bits per heavy atom. The van der Waals surface area contributed by atoms with Crippen LogP contribution in [0.2, 0.25) is 0 Å². The van der Waals surface area contributed by atoms with E-state index in [1.54, 1.807) is 17.0 Å². The van der Waals surface area contributed by atoms with Crippen LogP contribution in [0.5, 0.6) is 0 Å². The van der Waals surface area contributed by atoms with Gasteiger partial charge in [0.25, 0.3) is 0 Å². The second-order valence-corrected chi connectivity index (χ2v) is 12.7. The Labute approximate surface area is 228 Å². The zero-order valence-electron chi connectivity index (χ0n) is 23.4. The van der Waals surface area contributed by atoms with Gasteiger partial charge in [0.05, 0.1) is 11.9 Å². The minimum atomic E-state index is -3.77. The number of anilines is 1. The molecule has 0 spiro atoms. The minimum Gasteiger partial charge on any atom is -0.352 e. The minimum absolute atomic E-state index is 0.0684. The first-order valence-electron chi connectivity index (χ1n) is 13.7. The fourth-order valence-electron chi connectivity index (χ4n) is 5.15. The second kappa shape index (κ2) is 13.3. The molecule has 1 saturated carbocycles. The van der Waals surface area contributed by atoms with Crippen LogP contribution in [0.25, 0.3) is 0 Å². The SMILES string of the molecule is CC[C@H](C(=O)NC1CCCCC1)N(Cc1ccc(C)cc1)C(=O)CN(c1ccccc1C(C)C)S(C)(=O)=O. The van der Waals surface area contributed by atoms with Gasteiger partial charge in [-0.25, -0.2) is 8.42 Å². The Morgan fingerprint density at radius 3 is 2.21 bits per heavy atom. The van der Waals surface area contributed by atoms with Gasteiger partial charge in [-0.15, -0.1) is 0 Å². The number of benzene rings is 2. The van der Waals surface area contributed by atoms with E-state index in [9.17, 15) is 18.0 Å². The molecule has 0 heterocycles. The third-order valence-electron chi connectivity index (χ3n) is 7.32. The van der Waals surface area contributed by atoms with Crippen molar-refractivity contribution < 1.29 is 18.0 Å². The van der Waals surface area contributed by atoms with Gasteiger partial charge in [-0.05, 0) is 49.3 Å². The van der Waals surface area contributed by atoms with Crippen LogP contribution in [0, 0.1) is 6.92 Å². The van der Waals surface area contributed by atoms with Crippen molar-refractivity contribution in [1.82, 2.24) is 10.2 Å². The lowest BCUT2D eigenvalue weighted by Crippen LogP contribution is -2.54. The normalized spacial score (nSPS) is 15.2. The van der Waals surface area contributed by atoms with E-state index >= 15 is 0 Å².